The lowest BCUT2D eigenvalue weighted by molar-refractivity contribution is 0.117. The van der Waals surface area contributed by atoms with Crippen LogP contribution in [0.15, 0.2) is 0 Å². The Kier molecular flexibility index (Phi) is 6.57. The Balaban J connectivity index is 1.53. The van der Waals surface area contributed by atoms with Gasteiger partial charge in [0.2, 0.25) is 0 Å². The van der Waals surface area contributed by atoms with Crippen LogP contribution in [0.3, 0.4) is 0 Å². The second-order valence-electron chi connectivity index (χ2n) is 6.39. The van der Waals surface area contributed by atoms with Gasteiger partial charge in [0.1, 0.15) is 0 Å². The van der Waals surface area contributed by atoms with Gasteiger partial charge in [0, 0.05) is 32.7 Å². The van der Waals surface area contributed by atoms with E-state index in [9.17, 15) is 0 Å². The molecular weight excluding hydrogens is 236 g/mol. The van der Waals surface area contributed by atoms with Crippen molar-refractivity contribution < 1.29 is 0 Å². The van der Waals surface area contributed by atoms with Gasteiger partial charge in [-0.15, -0.1) is 0 Å². The van der Waals surface area contributed by atoms with Gasteiger partial charge in [-0.3, -0.25) is 0 Å². The maximum atomic E-state index is 5.70. The molecular formula is C15H32N4. The molecule has 1 unspecified atom stereocenters. The quantitative estimate of drug-likeness (QED) is 0.737. The molecule has 1 atom stereocenters. The Labute approximate surface area is 118 Å². The third kappa shape index (κ3) is 5.38. The number of piperazine rings is 1. The minimum Gasteiger partial charge on any atom is -0.330 e. The second kappa shape index (κ2) is 8.20. The van der Waals surface area contributed by atoms with Crippen molar-refractivity contribution in [3.8, 4) is 0 Å². The average molecular weight is 268 g/mol. The minimum atomic E-state index is 0.640. The standard InChI is InChI=1S/C15H32N4/c1-15(13-16)14-19-11-9-18(10-12-19)8-4-7-17-5-2-3-6-17/h15H,2-14,16H2,1H3. The summed E-state index contributed by atoms with van der Waals surface area (Å²) in [5, 5.41) is 0. The van der Waals surface area contributed by atoms with Crippen LogP contribution in [0.1, 0.15) is 26.2 Å². The second-order valence-corrected chi connectivity index (χ2v) is 6.39. The lowest BCUT2D eigenvalue weighted by Gasteiger charge is -2.36. The van der Waals surface area contributed by atoms with Crippen LogP contribution < -0.4 is 5.73 Å². The summed E-state index contributed by atoms with van der Waals surface area (Å²) < 4.78 is 0. The first-order valence-corrected chi connectivity index (χ1v) is 8.15. The maximum Gasteiger partial charge on any atom is 0.0110 e. The fourth-order valence-corrected chi connectivity index (χ4v) is 3.23. The first-order valence-electron chi connectivity index (χ1n) is 8.15. The van der Waals surface area contributed by atoms with Crippen LogP contribution in [-0.4, -0.2) is 80.1 Å². The highest BCUT2D eigenvalue weighted by Gasteiger charge is 2.18. The van der Waals surface area contributed by atoms with E-state index in [1.54, 1.807) is 0 Å². The van der Waals surface area contributed by atoms with Crippen molar-refractivity contribution in [3.05, 3.63) is 0 Å². The predicted molar refractivity (Wildman–Crippen MR) is 81.4 cm³/mol. The molecule has 0 saturated carbocycles. The zero-order chi connectivity index (χ0) is 13.5. The van der Waals surface area contributed by atoms with Crippen molar-refractivity contribution in [1.29, 1.82) is 0 Å². The first kappa shape index (κ1) is 15.2. The van der Waals surface area contributed by atoms with Gasteiger partial charge in [-0.2, -0.15) is 0 Å². The van der Waals surface area contributed by atoms with Gasteiger partial charge in [0.25, 0.3) is 0 Å². The number of rotatable bonds is 7. The fourth-order valence-electron chi connectivity index (χ4n) is 3.23. The van der Waals surface area contributed by atoms with Crippen molar-refractivity contribution in [3.63, 3.8) is 0 Å². The zero-order valence-corrected chi connectivity index (χ0v) is 12.7. The SMILES string of the molecule is CC(CN)CN1CCN(CCCN2CCCC2)CC1. The molecule has 19 heavy (non-hydrogen) atoms. The van der Waals surface area contributed by atoms with E-state index in [1.165, 1.54) is 78.2 Å². The summed E-state index contributed by atoms with van der Waals surface area (Å²) in [5.41, 5.74) is 5.70. The molecule has 0 bridgehead atoms. The zero-order valence-electron chi connectivity index (χ0n) is 12.7. The van der Waals surface area contributed by atoms with Gasteiger partial charge in [-0.05, 0) is 57.9 Å². The number of hydrogen-bond acceptors (Lipinski definition) is 4. The van der Waals surface area contributed by atoms with Crippen LogP contribution in [0, 0.1) is 5.92 Å². The molecule has 2 N–H and O–H groups in total. The third-order valence-electron chi connectivity index (χ3n) is 4.58. The molecule has 4 heteroatoms. The summed E-state index contributed by atoms with van der Waals surface area (Å²) in [6.07, 6.45) is 4.18. The van der Waals surface area contributed by atoms with Gasteiger partial charge in [0.15, 0.2) is 0 Å². The summed E-state index contributed by atoms with van der Waals surface area (Å²) in [7, 11) is 0. The predicted octanol–water partition coefficient (Wildman–Crippen LogP) is 0.685. The van der Waals surface area contributed by atoms with Crippen LogP contribution >= 0.6 is 0 Å². The monoisotopic (exact) mass is 268 g/mol. The Bertz CT molecular complexity index is 232. The molecule has 0 radical (unpaired) electrons. The largest absolute Gasteiger partial charge is 0.330 e. The third-order valence-corrected chi connectivity index (χ3v) is 4.58. The number of nitrogens with zero attached hydrogens (tertiary/aromatic N) is 3. The van der Waals surface area contributed by atoms with E-state index in [4.69, 9.17) is 5.73 Å². The summed E-state index contributed by atoms with van der Waals surface area (Å²) in [4.78, 5) is 7.84. The molecule has 0 amide bonds. The van der Waals surface area contributed by atoms with E-state index in [1.807, 2.05) is 0 Å². The van der Waals surface area contributed by atoms with Gasteiger partial charge in [-0.1, -0.05) is 6.92 Å². The summed E-state index contributed by atoms with van der Waals surface area (Å²) >= 11 is 0. The molecule has 4 nitrogen and oxygen atoms in total. The van der Waals surface area contributed by atoms with E-state index in [0.717, 1.165) is 6.54 Å². The van der Waals surface area contributed by atoms with Crippen LogP contribution in [0.2, 0.25) is 0 Å². The molecule has 2 rings (SSSR count). The molecule has 2 saturated heterocycles. The first-order chi connectivity index (χ1) is 9.28. The number of nitrogens with two attached hydrogens (primary N) is 1. The Hall–Kier alpha value is -0.160. The number of likely N-dealkylation sites (tertiary alicyclic amines) is 1. The molecule has 2 aliphatic rings. The van der Waals surface area contributed by atoms with Crippen LogP contribution in [-0.2, 0) is 0 Å². The van der Waals surface area contributed by atoms with Crippen LogP contribution in [0.4, 0.5) is 0 Å². The Morgan fingerprint density at radius 2 is 1.37 bits per heavy atom. The fraction of sp³-hybridized carbons (Fsp3) is 1.00. The Morgan fingerprint density at radius 1 is 0.842 bits per heavy atom. The molecule has 0 aromatic heterocycles. The van der Waals surface area contributed by atoms with E-state index >= 15 is 0 Å². The maximum absolute atomic E-state index is 5.70. The molecule has 0 aromatic carbocycles. The van der Waals surface area contributed by atoms with Crippen LogP contribution in [0.5, 0.6) is 0 Å². The lowest BCUT2D eigenvalue weighted by atomic mass is 10.1. The molecule has 2 aliphatic heterocycles. The van der Waals surface area contributed by atoms with Crippen LogP contribution in [0.25, 0.3) is 0 Å². The molecule has 0 aromatic rings. The molecule has 0 spiro atoms. The average Bonchev–Trinajstić information content (AvgIpc) is 2.94. The van der Waals surface area contributed by atoms with Crippen molar-refractivity contribution in [1.82, 2.24) is 14.7 Å². The van der Waals surface area contributed by atoms with Gasteiger partial charge in [0.05, 0.1) is 0 Å². The van der Waals surface area contributed by atoms with Crippen molar-refractivity contribution in [2.75, 3.05) is 65.4 Å². The lowest BCUT2D eigenvalue weighted by Crippen LogP contribution is -2.48. The smallest absolute Gasteiger partial charge is 0.0110 e. The van der Waals surface area contributed by atoms with Crippen molar-refractivity contribution in [2.45, 2.75) is 26.2 Å². The molecule has 112 valence electrons. The topological polar surface area (TPSA) is 35.7 Å². The normalized spacial score (nSPS) is 24.9. The highest BCUT2D eigenvalue weighted by atomic mass is 15.3. The van der Waals surface area contributed by atoms with E-state index < -0.39 is 0 Å². The summed E-state index contributed by atoms with van der Waals surface area (Å²) in [6.45, 7) is 14.5. The van der Waals surface area contributed by atoms with E-state index in [2.05, 4.69) is 21.6 Å². The van der Waals surface area contributed by atoms with E-state index in [0.29, 0.717) is 5.92 Å². The molecule has 0 aliphatic carbocycles. The Morgan fingerprint density at radius 3 is 1.95 bits per heavy atom. The van der Waals surface area contributed by atoms with Gasteiger partial charge >= 0.3 is 0 Å². The highest BCUT2D eigenvalue weighted by molar-refractivity contribution is 4.74. The summed E-state index contributed by atoms with van der Waals surface area (Å²) in [6, 6.07) is 0. The minimum absolute atomic E-state index is 0.640. The summed E-state index contributed by atoms with van der Waals surface area (Å²) in [5.74, 6) is 0.640. The van der Waals surface area contributed by atoms with Gasteiger partial charge in [-0.25, -0.2) is 0 Å². The van der Waals surface area contributed by atoms with E-state index in [-0.39, 0.29) is 0 Å². The molecule has 2 heterocycles. The highest BCUT2D eigenvalue weighted by Crippen LogP contribution is 2.09. The number of hydrogen-bond donors (Lipinski definition) is 1. The van der Waals surface area contributed by atoms with Crippen molar-refractivity contribution in [2.24, 2.45) is 11.7 Å². The molecule has 2 fully saturated rings. The van der Waals surface area contributed by atoms with Crippen molar-refractivity contribution >= 4 is 0 Å². The van der Waals surface area contributed by atoms with Gasteiger partial charge < -0.3 is 20.4 Å².